The third-order valence-corrected chi connectivity index (χ3v) is 4.54. The van der Waals surface area contributed by atoms with Crippen LogP contribution in [0.15, 0.2) is 53.1 Å². The lowest BCUT2D eigenvalue weighted by atomic mass is 10.1. The van der Waals surface area contributed by atoms with E-state index in [9.17, 15) is 18.0 Å². The summed E-state index contributed by atoms with van der Waals surface area (Å²) >= 11 is 0. The minimum absolute atomic E-state index is 0.00500. The van der Waals surface area contributed by atoms with Crippen LogP contribution < -0.4 is 10.1 Å². The van der Waals surface area contributed by atoms with E-state index in [1.165, 1.54) is 24.3 Å². The number of rotatable bonds is 5. The van der Waals surface area contributed by atoms with Crippen molar-refractivity contribution in [1.29, 1.82) is 0 Å². The summed E-state index contributed by atoms with van der Waals surface area (Å²) in [6, 6.07) is 10.5. The first-order valence-electron chi connectivity index (χ1n) is 9.25. The van der Waals surface area contributed by atoms with E-state index in [4.69, 9.17) is 4.42 Å². The summed E-state index contributed by atoms with van der Waals surface area (Å²) in [6.07, 6.45) is -3.16. The highest BCUT2D eigenvalue weighted by Gasteiger charge is 2.31. The van der Waals surface area contributed by atoms with Crippen LogP contribution in [0.5, 0.6) is 5.75 Å². The van der Waals surface area contributed by atoms with E-state index in [0.717, 1.165) is 11.1 Å². The zero-order valence-corrected chi connectivity index (χ0v) is 16.5. The molecule has 0 aliphatic heterocycles. The van der Waals surface area contributed by atoms with Crippen molar-refractivity contribution < 1.29 is 27.1 Å². The molecular weight excluding hydrogens is 413 g/mol. The summed E-state index contributed by atoms with van der Waals surface area (Å²) in [7, 11) is 0. The molecule has 0 spiro atoms. The second kappa shape index (κ2) is 7.78. The number of halogens is 3. The molecule has 0 aliphatic rings. The van der Waals surface area contributed by atoms with Crippen LogP contribution in [0.1, 0.15) is 17.0 Å². The van der Waals surface area contributed by atoms with Gasteiger partial charge in [0, 0.05) is 11.3 Å². The number of alkyl halides is 3. The van der Waals surface area contributed by atoms with Gasteiger partial charge >= 0.3 is 6.36 Å². The highest BCUT2D eigenvalue weighted by Crippen LogP contribution is 2.26. The van der Waals surface area contributed by atoms with E-state index >= 15 is 0 Å². The van der Waals surface area contributed by atoms with Gasteiger partial charge in [-0.15, -0.1) is 18.3 Å². The minimum Gasteiger partial charge on any atom is -0.417 e. The van der Waals surface area contributed by atoms with Crippen molar-refractivity contribution in [2.75, 3.05) is 5.32 Å². The molecule has 7 nitrogen and oxygen atoms in total. The maximum atomic E-state index is 12.4. The fourth-order valence-electron chi connectivity index (χ4n) is 3.06. The zero-order chi connectivity index (χ0) is 22.2. The van der Waals surface area contributed by atoms with Gasteiger partial charge < -0.3 is 14.5 Å². The molecule has 0 atom stereocenters. The Morgan fingerprint density at radius 3 is 2.55 bits per heavy atom. The molecule has 0 saturated carbocycles. The molecule has 2 aromatic carbocycles. The van der Waals surface area contributed by atoms with E-state index in [0.29, 0.717) is 28.7 Å². The molecule has 4 aromatic rings. The second-order valence-corrected chi connectivity index (χ2v) is 6.91. The molecular formula is C21H17F3N4O3. The fraction of sp³-hybridized carbons (Fsp3) is 0.190. The van der Waals surface area contributed by atoms with Gasteiger partial charge in [0.2, 0.25) is 17.5 Å². The lowest BCUT2D eigenvalue weighted by Crippen LogP contribution is -2.17. The molecule has 1 amide bonds. The number of hydrogen-bond donors (Lipinski definition) is 1. The number of aromatic nitrogens is 3. The Balaban J connectivity index is 1.42. The molecule has 10 heteroatoms. The molecule has 2 aromatic heterocycles. The highest BCUT2D eigenvalue weighted by molar-refractivity contribution is 5.93. The van der Waals surface area contributed by atoms with Crippen molar-refractivity contribution in [3.05, 3.63) is 65.6 Å². The molecule has 0 radical (unpaired) electrons. The topological polar surface area (TPSA) is 81.7 Å². The normalized spacial score (nSPS) is 11.6. The Morgan fingerprint density at radius 1 is 1.16 bits per heavy atom. The number of anilines is 1. The third kappa shape index (κ3) is 4.68. The molecule has 2 heterocycles. The quantitative estimate of drug-likeness (QED) is 0.497. The van der Waals surface area contributed by atoms with Crippen molar-refractivity contribution in [3.63, 3.8) is 0 Å². The van der Waals surface area contributed by atoms with Gasteiger partial charge in [0.1, 0.15) is 11.6 Å². The summed E-state index contributed by atoms with van der Waals surface area (Å²) in [5.74, 6) is 0.511. The number of aryl methyl sites for hydroxylation is 2. The molecule has 1 N–H and O–H groups in total. The standard InChI is InChI=1S/C21H17F3N4O3/c1-12-9-15(20-27-28-13(2)25-11-19(28)30-20)5-8-17(12)26-18(29)10-14-3-6-16(7-4-14)31-21(22,23)24/h3-9,11H,10H2,1-2H3,(H,26,29). The van der Waals surface area contributed by atoms with Gasteiger partial charge in [-0.25, -0.2) is 4.98 Å². The summed E-state index contributed by atoms with van der Waals surface area (Å²) in [6.45, 7) is 3.66. The number of benzene rings is 2. The van der Waals surface area contributed by atoms with E-state index < -0.39 is 6.36 Å². The number of amides is 1. The molecule has 4 rings (SSSR count). The summed E-state index contributed by atoms with van der Waals surface area (Å²) in [4.78, 5) is 16.5. The predicted molar refractivity (Wildman–Crippen MR) is 106 cm³/mol. The first kappa shape index (κ1) is 20.5. The van der Waals surface area contributed by atoms with E-state index in [1.54, 1.807) is 22.8 Å². The molecule has 0 aliphatic carbocycles. The summed E-state index contributed by atoms with van der Waals surface area (Å²) in [5, 5.41) is 7.18. The van der Waals surface area contributed by atoms with E-state index in [2.05, 4.69) is 20.1 Å². The third-order valence-electron chi connectivity index (χ3n) is 4.54. The van der Waals surface area contributed by atoms with Crippen LogP contribution in [0.4, 0.5) is 18.9 Å². The Morgan fingerprint density at radius 2 is 1.90 bits per heavy atom. The number of imidazole rings is 1. The zero-order valence-electron chi connectivity index (χ0n) is 16.5. The van der Waals surface area contributed by atoms with Crippen LogP contribution >= 0.6 is 0 Å². The summed E-state index contributed by atoms with van der Waals surface area (Å²) < 4.78 is 47.8. The molecule has 31 heavy (non-hydrogen) atoms. The van der Waals surface area contributed by atoms with Gasteiger partial charge in [0.15, 0.2) is 0 Å². The van der Waals surface area contributed by atoms with Crippen LogP contribution in [0, 0.1) is 13.8 Å². The van der Waals surface area contributed by atoms with Gasteiger partial charge in [-0.3, -0.25) is 4.79 Å². The number of nitrogens with one attached hydrogen (secondary N) is 1. The van der Waals surface area contributed by atoms with E-state index in [1.807, 2.05) is 19.9 Å². The van der Waals surface area contributed by atoms with Crippen molar-refractivity contribution in [2.24, 2.45) is 0 Å². The van der Waals surface area contributed by atoms with Crippen LogP contribution in [-0.2, 0) is 11.2 Å². The minimum atomic E-state index is -4.75. The first-order chi connectivity index (χ1) is 14.7. The Bertz CT molecular complexity index is 1240. The van der Waals surface area contributed by atoms with Gasteiger partial charge in [-0.05, 0) is 55.3 Å². The predicted octanol–water partition coefficient (Wildman–Crippen LogP) is 4.69. The van der Waals surface area contributed by atoms with E-state index in [-0.39, 0.29) is 18.1 Å². The van der Waals surface area contributed by atoms with Gasteiger partial charge in [-0.1, -0.05) is 12.1 Å². The maximum Gasteiger partial charge on any atom is 0.573 e. The van der Waals surface area contributed by atoms with Crippen LogP contribution in [0.3, 0.4) is 0 Å². The van der Waals surface area contributed by atoms with Crippen LogP contribution in [0.25, 0.3) is 17.2 Å². The monoisotopic (exact) mass is 430 g/mol. The SMILES string of the molecule is Cc1cc(-c2nn3c(C)ncc3o2)ccc1NC(=O)Cc1ccc(OC(F)(F)F)cc1. The molecule has 0 bridgehead atoms. The Kier molecular flexibility index (Phi) is 5.14. The Labute approximate surface area is 174 Å². The lowest BCUT2D eigenvalue weighted by Gasteiger charge is -2.11. The Hall–Kier alpha value is -3.82. The number of carbonyl (C=O) groups excluding carboxylic acids is 1. The molecule has 0 saturated heterocycles. The average molecular weight is 430 g/mol. The van der Waals surface area contributed by atoms with Crippen LogP contribution in [-0.4, -0.2) is 26.9 Å². The van der Waals surface area contributed by atoms with Gasteiger partial charge in [0.25, 0.3) is 0 Å². The summed E-state index contributed by atoms with van der Waals surface area (Å²) in [5.41, 5.74) is 3.26. The van der Waals surface area contributed by atoms with Crippen molar-refractivity contribution in [3.8, 4) is 17.2 Å². The van der Waals surface area contributed by atoms with Gasteiger partial charge in [-0.2, -0.15) is 4.52 Å². The molecule has 0 fully saturated rings. The number of nitrogens with zero attached hydrogens (tertiary/aromatic N) is 3. The average Bonchev–Trinajstić information content (AvgIpc) is 3.26. The van der Waals surface area contributed by atoms with Crippen molar-refractivity contribution >= 4 is 17.3 Å². The van der Waals surface area contributed by atoms with Crippen molar-refractivity contribution in [1.82, 2.24) is 14.6 Å². The van der Waals surface area contributed by atoms with Crippen LogP contribution in [0.2, 0.25) is 0 Å². The fourth-order valence-corrected chi connectivity index (χ4v) is 3.06. The maximum absolute atomic E-state index is 12.4. The number of carbonyl (C=O) groups is 1. The first-order valence-corrected chi connectivity index (χ1v) is 9.25. The molecule has 160 valence electrons. The number of hydrogen-bond acceptors (Lipinski definition) is 5. The number of ether oxygens (including phenoxy) is 1. The smallest absolute Gasteiger partial charge is 0.417 e. The molecule has 0 unspecified atom stereocenters. The lowest BCUT2D eigenvalue weighted by molar-refractivity contribution is -0.274. The van der Waals surface area contributed by atoms with Crippen molar-refractivity contribution in [2.45, 2.75) is 26.6 Å². The van der Waals surface area contributed by atoms with Gasteiger partial charge in [0.05, 0.1) is 12.6 Å². The number of fused-ring (bicyclic) bond motifs is 1. The highest BCUT2D eigenvalue weighted by atomic mass is 19.4. The second-order valence-electron chi connectivity index (χ2n) is 6.91. The largest absolute Gasteiger partial charge is 0.573 e.